The number of hydrogen-bond acceptors (Lipinski definition) is 3. The highest BCUT2D eigenvalue weighted by molar-refractivity contribution is 6.18. The quantitative estimate of drug-likeness (QED) is 0.403. The van der Waals surface area contributed by atoms with Crippen LogP contribution in [0.1, 0.15) is 46.0 Å². The van der Waals surface area contributed by atoms with Crippen LogP contribution in [0.3, 0.4) is 0 Å². The molecule has 1 heterocycles. The lowest BCUT2D eigenvalue weighted by molar-refractivity contribution is -0.347. The normalized spacial score (nSPS) is 37.1. The maximum Gasteiger partial charge on any atom is 0.279 e. The average molecular weight is 222 g/mol. The molecule has 2 radical (unpaired) electrons. The Morgan fingerprint density at radius 1 is 1.31 bits per heavy atom. The van der Waals surface area contributed by atoms with Crippen LogP contribution in [-0.4, -0.2) is 29.6 Å². The van der Waals surface area contributed by atoms with Gasteiger partial charge < -0.3 is 14.9 Å². The Hall–Kier alpha value is -0.315. The van der Waals surface area contributed by atoms with Gasteiger partial charge in [-0.25, -0.2) is 0 Å². The summed E-state index contributed by atoms with van der Waals surface area (Å²) in [6.45, 7) is 3.65. The lowest BCUT2D eigenvalue weighted by Crippen LogP contribution is -2.42. The second kappa shape index (κ2) is 3.59. The molecule has 88 valence electrons. The van der Waals surface area contributed by atoms with Gasteiger partial charge >= 0.3 is 0 Å². The van der Waals surface area contributed by atoms with E-state index in [4.69, 9.17) is 12.6 Å². The molecule has 0 spiro atoms. The third kappa shape index (κ3) is 1.83. The summed E-state index contributed by atoms with van der Waals surface area (Å²) in [5.74, 6) is -2.25. The molecule has 1 unspecified atom stereocenters. The van der Waals surface area contributed by atoms with Gasteiger partial charge in [0, 0.05) is 5.31 Å². The fraction of sp³-hybridized carbons (Fsp3) is 0.833. The van der Waals surface area contributed by atoms with Crippen molar-refractivity contribution in [1.82, 2.24) is 0 Å². The lowest BCUT2D eigenvalue weighted by atomic mass is 9.57. The summed E-state index contributed by atoms with van der Waals surface area (Å²) in [5.41, 5.74) is 0.325. The molecule has 3 nitrogen and oxygen atoms in total. The van der Waals surface area contributed by atoms with E-state index < -0.39 is 16.9 Å². The summed E-state index contributed by atoms with van der Waals surface area (Å²) in [5, 5.41) is 18.8. The Balaban J connectivity index is 2.33. The van der Waals surface area contributed by atoms with Crippen molar-refractivity contribution in [3.8, 4) is 0 Å². The topological polar surface area (TPSA) is 49.7 Å². The standard InChI is InChI=1S/C12H19BO3/c1-10(2)8-11(13,12(14,15)16-10)9-6-4-3-5-7-9/h6,14-15H,3-5,7-8H2,1-2H3. The Labute approximate surface area is 97.9 Å². The smallest absolute Gasteiger partial charge is 0.279 e. The minimum Gasteiger partial charge on any atom is -0.343 e. The van der Waals surface area contributed by atoms with Crippen LogP contribution in [0.25, 0.3) is 0 Å². The van der Waals surface area contributed by atoms with E-state index in [-0.39, 0.29) is 0 Å². The summed E-state index contributed by atoms with van der Waals surface area (Å²) in [7, 11) is 6.19. The second-order valence-corrected chi connectivity index (χ2v) is 5.59. The van der Waals surface area contributed by atoms with Gasteiger partial charge in [-0.2, -0.15) is 0 Å². The first-order valence-electron chi connectivity index (χ1n) is 5.90. The van der Waals surface area contributed by atoms with Gasteiger partial charge in [-0.05, 0) is 46.0 Å². The minimum absolute atomic E-state index is 0.429. The van der Waals surface area contributed by atoms with E-state index in [1.807, 2.05) is 19.9 Å². The SMILES string of the molecule is [B]C1(C2=CCCCC2)CC(C)(C)OC1(O)O. The van der Waals surface area contributed by atoms with Crippen molar-refractivity contribution in [2.45, 2.75) is 62.8 Å². The summed E-state index contributed by atoms with van der Waals surface area (Å²) in [6.07, 6.45) is 6.47. The molecule has 4 heteroatoms. The molecule has 1 saturated heterocycles. The molecule has 0 aromatic heterocycles. The lowest BCUT2D eigenvalue weighted by Gasteiger charge is -2.37. The molecular weight excluding hydrogens is 203 g/mol. The Kier molecular flexibility index (Phi) is 2.72. The van der Waals surface area contributed by atoms with E-state index in [1.165, 1.54) is 0 Å². The zero-order valence-corrected chi connectivity index (χ0v) is 9.99. The van der Waals surface area contributed by atoms with Crippen LogP contribution < -0.4 is 0 Å². The monoisotopic (exact) mass is 222 g/mol. The predicted octanol–water partition coefficient (Wildman–Crippen LogP) is 1.65. The Morgan fingerprint density at radius 3 is 2.44 bits per heavy atom. The van der Waals surface area contributed by atoms with Crippen molar-refractivity contribution in [2.75, 3.05) is 0 Å². The minimum atomic E-state index is -2.25. The van der Waals surface area contributed by atoms with Crippen LogP contribution in [0.15, 0.2) is 11.6 Å². The van der Waals surface area contributed by atoms with E-state index in [0.717, 1.165) is 31.3 Å². The zero-order valence-electron chi connectivity index (χ0n) is 9.99. The molecule has 0 saturated carbocycles. The predicted molar refractivity (Wildman–Crippen MR) is 61.9 cm³/mol. The molecule has 1 fully saturated rings. The highest BCUT2D eigenvalue weighted by atomic mass is 16.8. The number of ether oxygens (including phenoxy) is 1. The number of allylic oxidation sites excluding steroid dienone is 1. The first-order valence-corrected chi connectivity index (χ1v) is 5.90. The van der Waals surface area contributed by atoms with E-state index in [9.17, 15) is 10.2 Å². The molecule has 2 rings (SSSR count). The van der Waals surface area contributed by atoms with Gasteiger partial charge in [0.2, 0.25) is 0 Å². The van der Waals surface area contributed by atoms with Crippen molar-refractivity contribution in [3.63, 3.8) is 0 Å². The van der Waals surface area contributed by atoms with Crippen LogP contribution in [0.4, 0.5) is 0 Å². The van der Waals surface area contributed by atoms with E-state index in [0.29, 0.717) is 6.42 Å². The van der Waals surface area contributed by atoms with E-state index in [1.54, 1.807) is 0 Å². The largest absolute Gasteiger partial charge is 0.343 e. The fourth-order valence-electron chi connectivity index (χ4n) is 2.87. The highest BCUT2D eigenvalue weighted by Crippen LogP contribution is 2.58. The van der Waals surface area contributed by atoms with Gasteiger partial charge in [0.15, 0.2) is 0 Å². The van der Waals surface area contributed by atoms with Crippen LogP contribution in [0.2, 0.25) is 5.31 Å². The van der Waals surface area contributed by atoms with E-state index >= 15 is 0 Å². The van der Waals surface area contributed by atoms with Crippen molar-refractivity contribution < 1.29 is 14.9 Å². The molecule has 16 heavy (non-hydrogen) atoms. The van der Waals surface area contributed by atoms with Crippen LogP contribution in [0.5, 0.6) is 0 Å². The molecule has 2 N–H and O–H groups in total. The molecule has 1 aliphatic heterocycles. The third-order valence-corrected chi connectivity index (χ3v) is 3.57. The first-order chi connectivity index (χ1) is 7.27. The van der Waals surface area contributed by atoms with Crippen LogP contribution >= 0.6 is 0 Å². The van der Waals surface area contributed by atoms with Gasteiger partial charge in [-0.15, -0.1) is 0 Å². The van der Waals surface area contributed by atoms with Gasteiger partial charge in [-0.1, -0.05) is 11.6 Å². The number of rotatable bonds is 1. The summed E-state index contributed by atoms with van der Waals surface area (Å²) in [4.78, 5) is 0. The molecule has 0 bridgehead atoms. The fourth-order valence-corrected chi connectivity index (χ4v) is 2.87. The number of aliphatic hydroxyl groups is 2. The molecule has 1 aliphatic carbocycles. The van der Waals surface area contributed by atoms with E-state index in [2.05, 4.69) is 0 Å². The molecule has 0 amide bonds. The molecule has 0 aromatic rings. The van der Waals surface area contributed by atoms with Gasteiger partial charge in [0.25, 0.3) is 5.97 Å². The first kappa shape index (κ1) is 12.2. The number of hydrogen-bond donors (Lipinski definition) is 2. The molecular formula is C12H19BO3. The zero-order chi connectivity index (χ0) is 12.0. The van der Waals surface area contributed by atoms with Crippen molar-refractivity contribution in [3.05, 3.63) is 11.6 Å². The highest BCUT2D eigenvalue weighted by Gasteiger charge is 2.59. The maximum absolute atomic E-state index is 9.97. The molecule has 1 atom stereocenters. The Morgan fingerprint density at radius 2 is 2.00 bits per heavy atom. The third-order valence-electron chi connectivity index (χ3n) is 3.57. The summed E-state index contributed by atoms with van der Waals surface area (Å²) in [6, 6.07) is 0. The van der Waals surface area contributed by atoms with Gasteiger partial charge in [-0.3, -0.25) is 0 Å². The van der Waals surface area contributed by atoms with Crippen molar-refractivity contribution >= 4 is 7.85 Å². The Bertz CT molecular complexity index is 322. The van der Waals surface area contributed by atoms with Gasteiger partial charge in [0.05, 0.1) is 13.4 Å². The molecule has 2 aliphatic rings. The van der Waals surface area contributed by atoms with Crippen LogP contribution in [-0.2, 0) is 4.74 Å². The maximum atomic E-state index is 9.97. The second-order valence-electron chi connectivity index (χ2n) is 5.59. The van der Waals surface area contributed by atoms with Crippen LogP contribution in [0, 0.1) is 0 Å². The van der Waals surface area contributed by atoms with Crippen molar-refractivity contribution in [2.24, 2.45) is 0 Å². The van der Waals surface area contributed by atoms with Gasteiger partial charge in [0.1, 0.15) is 0 Å². The molecule has 0 aromatic carbocycles. The average Bonchev–Trinajstić information content (AvgIpc) is 2.33. The van der Waals surface area contributed by atoms with Crippen molar-refractivity contribution in [1.29, 1.82) is 0 Å². The summed E-state index contributed by atoms with van der Waals surface area (Å²) >= 11 is 0. The summed E-state index contributed by atoms with van der Waals surface area (Å²) < 4.78 is 5.25.